The van der Waals surface area contributed by atoms with Crippen LogP contribution in [0, 0.1) is 0 Å². The Hall–Kier alpha value is -1.37. The molecule has 0 atom stereocenters. The molecule has 6 heteroatoms. The largest absolute Gasteiger partial charge is 0.294 e. The van der Waals surface area contributed by atoms with Gasteiger partial charge in [0.1, 0.15) is 4.34 Å². The molecule has 0 aliphatic heterocycles. The summed E-state index contributed by atoms with van der Waals surface area (Å²) in [6.45, 7) is 0. The van der Waals surface area contributed by atoms with Crippen molar-refractivity contribution in [3.63, 3.8) is 0 Å². The first-order valence-electron chi connectivity index (χ1n) is 5.37. The fourth-order valence-corrected chi connectivity index (χ4v) is 3.01. The van der Waals surface area contributed by atoms with Crippen molar-refractivity contribution in [3.05, 3.63) is 47.0 Å². The van der Waals surface area contributed by atoms with Crippen molar-refractivity contribution >= 4 is 29.0 Å². The highest BCUT2D eigenvalue weighted by atomic mass is 32.2. The molecule has 0 fully saturated rings. The summed E-state index contributed by atoms with van der Waals surface area (Å²) in [5, 5.41) is 1.97. The van der Waals surface area contributed by atoms with E-state index in [4.69, 9.17) is 5.84 Å². The maximum absolute atomic E-state index is 11.1. The van der Waals surface area contributed by atoms with Crippen LogP contribution in [0.1, 0.15) is 11.1 Å². The van der Waals surface area contributed by atoms with Gasteiger partial charge < -0.3 is 0 Å². The second-order valence-corrected chi connectivity index (χ2v) is 5.76. The lowest BCUT2D eigenvalue weighted by atomic mass is 10.1. The fourth-order valence-electron chi connectivity index (χ4n) is 1.42. The summed E-state index contributed by atoms with van der Waals surface area (Å²) in [5.74, 6) is 5.75. The Labute approximate surface area is 114 Å². The number of hydrogen-bond acceptors (Lipinski definition) is 5. The number of amides is 1. The van der Waals surface area contributed by atoms with E-state index >= 15 is 0 Å². The van der Waals surface area contributed by atoms with Gasteiger partial charge in [0.25, 0.3) is 0 Å². The molecule has 2 aromatic rings. The van der Waals surface area contributed by atoms with Gasteiger partial charge in [-0.05, 0) is 11.1 Å². The number of thiazole rings is 1. The number of nitrogens with two attached hydrogens (primary N) is 1. The normalized spacial score (nSPS) is 10.3. The van der Waals surface area contributed by atoms with E-state index in [9.17, 15) is 4.79 Å². The van der Waals surface area contributed by atoms with Gasteiger partial charge in [-0.15, -0.1) is 11.3 Å². The second-order valence-electron chi connectivity index (χ2n) is 3.65. The van der Waals surface area contributed by atoms with E-state index in [1.165, 1.54) is 5.56 Å². The van der Waals surface area contributed by atoms with Gasteiger partial charge in [-0.25, -0.2) is 10.8 Å². The van der Waals surface area contributed by atoms with E-state index in [1.54, 1.807) is 23.1 Å². The summed E-state index contributed by atoms with van der Waals surface area (Å²) >= 11 is 3.35. The summed E-state index contributed by atoms with van der Waals surface area (Å²) in [4.78, 5) is 15.3. The molecule has 1 heterocycles. The molecule has 0 aliphatic rings. The van der Waals surface area contributed by atoms with E-state index in [-0.39, 0.29) is 5.91 Å². The molecular formula is C12H13N3OS2. The third-order valence-corrected chi connectivity index (χ3v) is 4.36. The number of carbonyl (C=O) groups is 1. The summed E-state index contributed by atoms with van der Waals surface area (Å²) in [5.41, 5.74) is 4.30. The van der Waals surface area contributed by atoms with Gasteiger partial charge in [0.2, 0.25) is 5.91 Å². The van der Waals surface area contributed by atoms with Gasteiger partial charge in [0.05, 0.1) is 6.42 Å². The molecule has 1 aromatic heterocycles. The number of nitrogens with one attached hydrogen (secondary N) is 1. The summed E-state index contributed by atoms with van der Waals surface area (Å²) < 4.78 is 1.07. The lowest BCUT2D eigenvalue weighted by Gasteiger charge is -2.03. The highest BCUT2D eigenvalue weighted by Crippen LogP contribution is 2.24. The smallest absolute Gasteiger partial charge is 0.238 e. The number of hydrazine groups is 1. The molecule has 0 saturated heterocycles. The molecular weight excluding hydrogens is 266 g/mol. The van der Waals surface area contributed by atoms with E-state index in [1.807, 2.05) is 35.8 Å². The van der Waals surface area contributed by atoms with Crippen LogP contribution in [0.3, 0.4) is 0 Å². The molecule has 18 heavy (non-hydrogen) atoms. The molecule has 2 rings (SSSR count). The van der Waals surface area contributed by atoms with Crippen molar-refractivity contribution in [2.75, 3.05) is 0 Å². The van der Waals surface area contributed by atoms with Crippen LogP contribution in [0.25, 0.3) is 0 Å². The molecule has 0 unspecified atom stereocenters. The Kier molecular flexibility index (Phi) is 4.74. The van der Waals surface area contributed by atoms with E-state index in [2.05, 4.69) is 10.4 Å². The topological polar surface area (TPSA) is 68.0 Å². The number of nitrogens with zero attached hydrogens (tertiary/aromatic N) is 1. The molecule has 1 aromatic carbocycles. The lowest BCUT2D eigenvalue weighted by Crippen LogP contribution is -2.31. The van der Waals surface area contributed by atoms with Crippen LogP contribution < -0.4 is 11.3 Å². The highest BCUT2D eigenvalue weighted by Gasteiger charge is 2.02. The van der Waals surface area contributed by atoms with Gasteiger partial charge in [0, 0.05) is 17.3 Å². The van der Waals surface area contributed by atoms with E-state index in [0.717, 1.165) is 15.7 Å². The molecule has 94 valence electrons. The number of thioether (sulfide) groups is 1. The Balaban J connectivity index is 1.89. The molecule has 4 nitrogen and oxygen atoms in total. The number of rotatable bonds is 5. The zero-order chi connectivity index (χ0) is 12.8. The van der Waals surface area contributed by atoms with Gasteiger partial charge >= 0.3 is 0 Å². The molecule has 0 spiro atoms. The average molecular weight is 279 g/mol. The first-order valence-corrected chi connectivity index (χ1v) is 7.24. The SMILES string of the molecule is NNC(=O)Cc1ccc(CSc2nccs2)cc1. The quantitative estimate of drug-likeness (QED) is 0.380. The summed E-state index contributed by atoms with van der Waals surface area (Å²) in [6.07, 6.45) is 2.12. The predicted octanol–water partition coefficient (Wildman–Crippen LogP) is 1.97. The van der Waals surface area contributed by atoms with Crippen LogP contribution in [-0.2, 0) is 17.0 Å². The van der Waals surface area contributed by atoms with Gasteiger partial charge in [-0.1, -0.05) is 36.0 Å². The monoisotopic (exact) mass is 279 g/mol. The number of carbonyl (C=O) groups excluding carboxylic acids is 1. The minimum Gasteiger partial charge on any atom is -0.294 e. The third-order valence-electron chi connectivity index (χ3n) is 2.32. The van der Waals surface area contributed by atoms with Crippen molar-refractivity contribution in [2.24, 2.45) is 5.84 Å². The van der Waals surface area contributed by atoms with Crippen LogP contribution in [0.2, 0.25) is 0 Å². The Morgan fingerprint density at radius 3 is 2.67 bits per heavy atom. The zero-order valence-corrected chi connectivity index (χ0v) is 11.3. The van der Waals surface area contributed by atoms with E-state index < -0.39 is 0 Å². The zero-order valence-electron chi connectivity index (χ0n) is 9.63. The Morgan fingerprint density at radius 1 is 1.33 bits per heavy atom. The van der Waals surface area contributed by atoms with Gasteiger partial charge in [-0.3, -0.25) is 10.2 Å². The maximum atomic E-state index is 11.1. The van der Waals surface area contributed by atoms with Crippen molar-refractivity contribution in [1.29, 1.82) is 0 Å². The van der Waals surface area contributed by atoms with Crippen molar-refractivity contribution in [1.82, 2.24) is 10.4 Å². The van der Waals surface area contributed by atoms with Crippen molar-refractivity contribution in [3.8, 4) is 0 Å². The Morgan fingerprint density at radius 2 is 2.06 bits per heavy atom. The Bertz CT molecular complexity index is 497. The molecule has 0 radical (unpaired) electrons. The molecule has 3 N–H and O–H groups in total. The molecule has 1 amide bonds. The molecule has 0 bridgehead atoms. The van der Waals surface area contributed by atoms with Crippen molar-refractivity contribution in [2.45, 2.75) is 16.5 Å². The van der Waals surface area contributed by atoms with Crippen molar-refractivity contribution < 1.29 is 4.79 Å². The summed E-state index contributed by atoms with van der Waals surface area (Å²) in [6, 6.07) is 7.96. The first-order chi connectivity index (χ1) is 8.78. The first kappa shape index (κ1) is 13.1. The lowest BCUT2D eigenvalue weighted by molar-refractivity contribution is -0.120. The second kappa shape index (κ2) is 6.53. The van der Waals surface area contributed by atoms with Crippen LogP contribution in [0.4, 0.5) is 0 Å². The van der Waals surface area contributed by atoms with Crippen LogP contribution >= 0.6 is 23.1 Å². The maximum Gasteiger partial charge on any atom is 0.238 e. The van der Waals surface area contributed by atoms with Gasteiger partial charge in [0.15, 0.2) is 0 Å². The summed E-state index contributed by atoms with van der Waals surface area (Å²) in [7, 11) is 0. The number of hydrogen-bond donors (Lipinski definition) is 2. The van der Waals surface area contributed by atoms with E-state index in [0.29, 0.717) is 6.42 Å². The van der Waals surface area contributed by atoms with Gasteiger partial charge in [-0.2, -0.15) is 0 Å². The number of benzene rings is 1. The predicted molar refractivity (Wildman–Crippen MR) is 74.2 cm³/mol. The third kappa shape index (κ3) is 3.83. The minimum absolute atomic E-state index is 0.181. The van der Waals surface area contributed by atoms with Crippen LogP contribution in [0.15, 0.2) is 40.2 Å². The number of aromatic nitrogens is 1. The highest BCUT2D eigenvalue weighted by molar-refractivity contribution is 8.00. The van der Waals surface area contributed by atoms with Crippen LogP contribution in [-0.4, -0.2) is 10.9 Å². The minimum atomic E-state index is -0.181. The van der Waals surface area contributed by atoms with Crippen LogP contribution in [0.5, 0.6) is 0 Å². The molecule has 0 saturated carbocycles. The molecule has 0 aliphatic carbocycles. The standard InChI is InChI=1S/C12H13N3OS2/c13-15-11(16)7-9-1-3-10(4-2-9)8-18-12-14-5-6-17-12/h1-6H,7-8,13H2,(H,15,16). The fraction of sp³-hybridized carbons (Fsp3) is 0.167. The average Bonchev–Trinajstić information content (AvgIpc) is 2.91.